The van der Waals surface area contributed by atoms with Crippen molar-refractivity contribution in [3.63, 3.8) is 0 Å². The number of hydrogen-bond acceptors (Lipinski definition) is 3. The molecule has 1 aliphatic carbocycles. The van der Waals surface area contributed by atoms with Crippen LogP contribution in [0.3, 0.4) is 0 Å². The zero-order valence-electron chi connectivity index (χ0n) is 18.9. The predicted octanol–water partition coefficient (Wildman–Crippen LogP) is 6.99. The SMILES string of the molecule is Cc1ccccc1NC(=O)C(Sc1ccc(NC(=O)C2CCCCC2)cc1)c1ccccc1. The predicted molar refractivity (Wildman–Crippen MR) is 136 cm³/mol. The summed E-state index contributed by atoms with van der Waals surface area (Å²) in [5.74, 6) is 0.186. The molecule has 1 aliphatic rings. The fourth-order valence-electron chi connectivity index (χ4n) is 4.17. The molecule has 2 N–H and O–H groups in total. The van der Waals surface area contributed by atoms with Crippen LogP contribution in [0.2, 0.25) is 0 Å². The van der Waals surface area contributed by atoms with E-state index in [0.29, 0.717) is 0 Å². The molecule has 3 aromatic rings. The Kier molecular flexibility index (Phi) is 7.84. The molecule has 2 amide bonds. The number of anilines is 2. The van der Waals surface area contributed by atoms with Crippen LogP contribution in [0.15, 0.2) is 83.8 Å². The first-order valence-corrected chi connectivity index (χ1v) is 12.5. The first-order valence-electron chi connectivity index (χ1n) is 11.6. The summed E-state index contributed by atoms with van der Waals surface area (Å²) in [5.41, 5.74) is 3.60. The first kappa shape index (κ1) is 23.1. The van der Waals surface area contributed by atoms with Crippen molar-refractivity contribution in [3.8, 4) is 0 Å². The van der Waals surface area contributed by atoms with Crippen LogP contribution in [0.4, 0.5) is 11.4 Å². The standard InChI is InChI=1S/C28H30N2O2S/c1-20-10-8-9-15-25(20)30-28(32)26(21-11-4-2-5-12-21)33-24-18-16-23(17-19-24)29-27(31)22-13-6-3-7-14-22/h2,4-5,8-12,15-19,22,26H,3,6-7,13-14H2,1H3,(H,29,31)(H,30,32). The van der Waals surface area contributed by atoms with Crippen LogP contribution in [-0.4, -0.2) is 11.8 Å². The number of hydrogen-bond donors (Lipinski definition) is 2. The summed E-state index contributed by atoms with van der Waals surface area (Å²) < 4.78 is 0. The van der Waals surface area contributed by atoms with Crippen LogP contribution in [0.1, 0.15) is 48.5 Å². The summed E-state index contributed by atoms with van der Waals surface area (Å²) in [6.45, 7) is 1.99. The monoisotopic (exact) mass is 458 g/mol. The normalized spacial score (nSPS) is 14.9. The van der Waals surface area contributed by atoms with Crippen molar-refractivity contribution in [1.82, 2.24) is 0 Å². The first-order chi connectivity index (χ1) is 16.1. The maximum atomic E-state index is 13.3. The molecule has 5 heteroatoms. The van der Waals surface area contributed by atoms with E-state index in [1.807, 2.05) is 85.8 Å². The van der Waals surface area contributed by atoms with Gasteiger partial charge in [0.1, 0.15) is 5.25 Å². The Morgan fingerprint density at radius 1 is 0.818 bits per heavy atom. The Labute approximate surface area is 200 Å². The van der Waals surface area contributed by atoms with Gasteiger partial charge in [0.25, 0.3) is 0 Å². The maximum absolute atomic E-state index is 13.3. The van der Waals surface area contributed by atoms with Crippen molar-refractivity contribution in [2.45, 2.75) is 49.2 Å². The molecule has 0 spiro atoms. The third kappa shape index (κ3) is 6.26. The number of carbonyl (C=O) groups excluding carboxylic acids is 2. The van der Waals surface area contributed by atoms with Gasteiger partial charge in [0.05, 0.1) is 0 Å². The highest BCUT2D eigenvalue weighted by molar-refractivity contribution is 8.00. The lowest BCUT2D eigenvalue weighted by Gasteiger charge is -2.21. The highest BCUT2D eigenvalue weighted by atomic mass is 32.2. The molecule has 1 atom stereocenters. The zero-order valence-corrected chi connectivity index (χ0v) is 19.7. The van der Waals surface area contributed by atoms with Gasteiger partial charge in [0, 0.05) is 22.2 Å². The third-order valence-corrected chi connectivity index (χ3v) is 7.36. The number of rotatable bonds is 7. The molecule has 0 aromatic heterocycles. The molecule has 1 saturated carbocycles. The number of aryl methyl sites for hydroxylation is 1. The number of thioether (sulfide) groups is 1. The highest BCUT2D eigenvalue weighted by Gasteiger charge is 2.23. The number of para-hydroxylation sites is 1. The van der Waals surface area contributed by atoms with Gasteiger partial charge in [-0.15, -0.1) is 11.8 Å². The van der Waals surface area contributed by atoms with Crippen LogP contribution < -0.4 is 10.6 Å². The molecule has 1 unspecified atom stereocenters. The van der Waals surface area contributed by atoms with E-state index in [-0.39, 0.29) is 17.7 Å². The van der Waals surface area contributed by atoms with Crippen molar-refractivity contribution in [3.05, 3.63) is 90.0 Å². The Hall–Kier alpha value is -3.05. The van der Waals surface area contributed by atoms with Crippen LogP contribution in [-0.2, 0) is 9.59 Å². The fraction of sp³-hybridized carbons (Fsp3) is 0.286. The van der Waals surface area contributed by atoms with E-state index < -0.39 is 5.25 Å². The third-order valence-electron chi connectivity index (χ3n) is 6.10. The van der Waals surface area contributed by atoms with E-state index in [0.717, 1.165) is 53.1 Å². The van der Waals surface area contributed by atoms with Crippen LogP contribution >= 0.6 is 11.8 Å². The molecule has 33 heavy (non-hydrogen) atoms. The summed E-state index contributed by atoms with van der Waals surface area (Å²) in [4.78, 5) is 26.8. The number of amides is 2. The molecular formula is C28H30N2O2S. The molecule has 3 aromatic carbocycles. The quantitative estimate of drug-likeness (QED) is 0.375. The van der Waals surface area contributed by atoms with Crippen LogP contribution in [0.25, 0.3) is 0 Å². The largest absolute Gasteiger partial charge is 0.326 e. The minimum absolute atomic E-state index is 0.0600. The highest BCUT2D eigenvalue weighted by Crippen LogP contribution is 2.37. The van der Waals surface area contributed by atoms with Gasteiger partial charge >= 0.3 is 0 Å². The molecule has 0 heterocycles. The molecule has 4 rings (SSSR count). The summed E-state index contributed by atoms with van der Waals surface area (Å²) in [6.07, 6.45) is 5.47. The van der Waals surface area contributed by atoms with Gasteiger partial charge in [0.2, 0.25) is 11.8 Å². The van der Waals surface area contributed by atoms with E-state index >= 15 is 0 Å². The molecule has 4 nitrogen and oxygen atoms in total. The Balaban J connectivity index is 1.46. The van der Waals surface area contributed by atoms with Gasteiger partial charge in [-0.3, -0.25) is 9.59 Å². The summed E-state index contributed by atoms with van der Waals surface area (Å²) in [6, 6.07) is 25.4. The Morgan fingerprint density at radius 3 is 2.18 bits per heavy atom. The molecule has 0 bridgehead atoms. The molecule has 170 valence electrons. The lowest BCUT2D eigenvalue weighted by Crippen LogP contribution is -2.24. The molecule has 0 saturated heterocycles. The second kappa shape index (κ2) is 11.2. The number of benzene rings is 3. The lowest BCUT2D eigenvalue weighted by atomic mass is 9.88. The van der Waals surface area contributed by atoms with E-state index in [9.17, 15) is 9.59 Å². The minimum Gasteiger partial charge on any atom is -0.326 e. The van der Waals surface area contributed by atoms with Gasteiger partial charge < -0.3 is 10.6 Å². The summed E-state index contributed by atoms with van der Waals surface area (Å²) in [7, 11) is 0. The average Bonchev–Trinajstić information content (AvgIpc) is 2.86. The number of nitrogens with one attached hydrogen (secondary N) is 2. The van der Waals surface area contributed by atoms with Crippen LogP contribution in [0, 0.1) is 12.8 Å². The number of carbonyl (C=O) groups is 2. The minimum atomic E-state index is -0.395. The topological polar surface area (TPSA) is 58.2 Å². The van der Waals surface area contributed by atoms with Gasteiger partial charge in [-0.25, -0.2) is 0 Å². The Bertz CT molecular complexity index is 1080. The van der Waals surface area contributed by atoms with E-state index in [4.69, 9.17) is 0 Å². The maximum Gasteiger partial charge on any atom is 0.242 e. The molecule has 0 radical (unpaired) electrons. The van der Waals surface area contributed by atoms with Crippen LogP contribution in [0.5, 0.6) is 0 Å². The Morgan fingerprint density at radius 2 is 1.48 bits per heavy atom. The van der Waals surface area contributed by atoms with E-state index in [1.54, 1.807) is 0 Å². The van der Waals surface area contributed by atoms with Crippen molar-refractivity contribution in [1.29, 1.82) is 0 Å². The van der Waals surface area contributed by atoms with Crippen molar-refractivity contribution < 1.29 is 9.59 Å². The van der Waals surface area contributed by atoms with E-state index in [2.05, 4.69) is 10.6 Å². The molecular weight excluding hydrogens is 428 g/mol. The van der Waals surface area contributed by atoms with Gasteiger partial charge in [-0.05, 0) is 61.2 Å². The molecule has 1 fully saturated rings. The van der Waals surface area contributed by atoms with Gasteiger partial charge in [-0.1, -0.05) is 67.8 Å². The average molecular weight is 459 g/mol. The van der Waals surface area contributed by atoms with Crippen molar-refractivity contribution in [2.75, 3.05) is 10.6 Å². The fourth-order valence-corrected chi connectivity index (χ4v) is 5.20. The second-order valence-corrected chi connectivity index (χ2v) is 9.74. The van der Waals surface area contributed by atoms with Crippen molar-refractivity contribution in [2.24, 2.45) is 5.92 Å². The van der Waals surface area contributed by atoms with Gasteiger partial charge in [0.15, 0.2) is 0 Å². The second-order valence-electron chi connectivity index (χ2n) is 8.56. The van der Waals surface area contributed by atoms with E-state index in [1.165, 1.54) is 18.2 Å². The van der Waals surface area contributed by atoms with Crippen molar-refractivity contribution >= 4 is 35.0 Å². The summed E-state index contributed by atoms with van der Waals surface area (Å²) in [5, 5.41) is 5.75. The van der Waals surface area contributed by atoms with Gasteiger partial charge in [-0.2, -0.15) is 0 Å². The lowest BCUT2D eigenvalue weighted by molar-refractivity contribution is -0.120. The smallest absolute Gasteiger partial charge is 0.242 e. The summed E-state index contributed by atoms with van der Waals surface area (Å²) >= 11 is 1.51. The molecule has 0 aliphatic heterocycles. The zero-order chi connectivity index (χ0) is 23.0.